The second-order valence-electron chi connectivity index (χ2n) is 4.97. The number of phenols is 1. The molecule has 3 N–H and O–H groups in total. The number of carbonyl (C=O) groups is 1. The van der Waals surface area contributed by atoms with E-state index in [1.807, 2.05) is 6.07 Å². The second-order valence-corrected chi connectivity index (χ2v) is 4.97. The van der Waals surface area contributed by atoms with Crippen molar-refractivity contribution in [3.8, 4) is 5.75 Å². The topological polar surface area (TPSA) is 81.0 Å². The van der Waals surface area contributed by atoms with Crippen LogP contribution in [0.4, 0.5) is 0 Å². The molecular formula is C14H19NO4. The first-order valence-electron chi connectivity index (χ1n) is 6.46. The number of hydrogen-bond donors (Lipinski definition) is 3. The van der Waals surface area contributed by atoms with E-state index in [1.54, 1.807) is 23.1 Å². The van der Waals surface area contributed by atoms with E-state index in [4.69, 9.17) is 0 Å². The van der Waals surface area contributed by atoms with Crippen LogP contribution in [0.25, 0.3) is 0 Å². The molecule has 1 aliphatic heterocycles. The molecule has 5 nitrogen and oxygen atoms in total. The van der Waals surface area contributed by atoms with Crippen LogP contribution < -0.4 is 0 Å². The molecule has 104 valence electrons. The molecule has 0 radical (unpaired) electrons. The molecule has 1 fully saturated rings. The summed E-state index contributed by atoms with van der Waals surface area (Å²) >= 11 is 0. The Morgan fingerprint density at radius 2 is 2.16 bits per heavy atom. The number of phenolic OH excluding ortho intramolecular Hbond substituents is 1. The highest BCUT2D eigenvalue weighted by atomic mass is 16.3. The summed E-state index contributed by atoms with van der Waals surface area (Å²) in [5.74, 6) is -0.297. The number of aromatic hydroxyl groups is 1. The minimum absolute atomic E-state index is 0.145. The molecule has 0 aliphatic carbocycles. The average molecular weight is 265 g/mol. The van der Waals surface area contributed by atoms with Gasteiger partial charge in [-0.2, -0.15) is 0 Å². The molecular weight excluding hydrogens is 246 g/mol. The molecule has 5 heteroatoms. The second kappa shape index (κ2) is 5.59. The molecule has 0 saturated carbocycles. The molecule has 0 spiro atoms. The summed E-state index contributed by atoms with van der Waals surface area (Å²) < 4.78 is 0. The standard InChI is InChI=1S/C14H19NO4/c1-9(16)13(18)14(19)15-7-3-6-12(15)10-4-2-5-11(17)8-10/h2,4-5,8-9,12-13,16-18H,3,6-7H2,1H3/t9-,12?,13+/m0/s1. The Hall–Kier alpha value is -1.59. The lowest BCUT2D eigenvalue weighted by Crippen LogP contribution is -2.43. The predicted molar refractivity (Wildman–Crippen MR) is 69.5 cm³/mol. The highest BCUT2D eigenvalue weighted by Gasteiger charge is 2.34. The Morgan fingerprint density at radius 3 is 2.79 bits per heavy atom. The number of hydrogen-bond acceptors (Lipinski definition) is 4. The van der Waals surface area contributed by atoms with Crippen LogP contribution in [-0.2, 0) is 4.79 Å². The van der Waals surface area contributed by atoms with E-state index in [1.165, 1.54) is 6.92 Å². The largest absolute Gasteiger partial charge is 0.508 e. The van der Waals surface area contributed by atoms with Gasteiger partial charge in [-0.1, -0.05) is 12.1 Å². The SMILES string of the molecule is C[C@H](O)[C@@H](O)C(=O)N1CCCC1c1cccc(O)c1. The number of benzene rings is 1. The smallest absolute Gasteiger partial charge is 0.254 e. The minimum Gasteiger partial charge on any atom is -0.508 e. The van der Waals surface area contributed by atoms with Gasteiger partial charge < -0.3 is 20.2 Å². The molecule has 2 rings (SSSR count). The Labute approximate surface area is 112 Å². The first-order chi connectivity index (χ1) is 9.00. The summed E-state index contributed by atoms with van der Waals surface area (Å²) in [7, 11) is 0. The van der Waals surface area contributed by atoms with Crippen LogP contribution in [0.5, 0.6) is 5.75 Å². The van der Waals surface area contributed by atoms with Gasteiger partial charge in [-0.15, -0.1) is 0 Å². The van der Waals surface area contributed by atoms with Crippen LogP contribution in [-0.4, -0.2) is 44.9 Å². The van der Waals surface area contributed by atoms with Crippen LogP contribution in [0.2, 0.25) is 0 Å². The minimum atomic E-state index is -1.39. The highest BCUT2D eigenvalue weighted by Crippen LogP contribution is 2.33. The number of aliphatic hydroxyl groups excluding tert-OH is 2. The molecule has 1 amide bonds. The molecule has 1 heterocycles. The van der Waals surface area contributed by atoms with Crippen LogP contribution in [0, 0.1) is 0 Å². The van der Waals surface area contributed by atoms with Crippen molar-refractivity contribution in [2.75, 3.05) is 6.54 Å². The van der Waals surface area contributed by atoms with Gasteiger partial charge in [0.15, 0.2) is 6.10 Å². The van der Waals surface area contributed by atoms with Crippen molar-refractivity contribution in [1.82, 2.24) is 4.90 Å². The average Bonchev–Trinajstić information content (AvgIpc) is 2.86. The molecule has 0 bridgehead atoms. The number of aliphatic hydroxyl groups is 2. The lowest BCUT2D eigenvalue weighted by Gasteiger charge is -2.28. The monoisotopic (exact) mass is 265 g/mol. The quantitative estimate of drug-likeness (QED) is 0.755. The summed E-state index contributed by atoms with van der Waals surface area (Å²) in [5.41, 5.74) is 0.851. The normalized spacial score (nSPS) is 22.3. The number of nitrogens with zero attached hydrogens (tertiary/aromatic N) is 1. The van der Waals surface area contributed by atoms with E-state index in [0.29, 0.717) is 6.54 Å². The molecule has 1 saturated heterocycles. The van der Waals surface area contributed by atoms with Crippen molar-refractivity contribution >= 4 is 5.91 Å². The summed E-state index contributed by atoms with van der Waals surface area (Å²) in [6, 6.07) is 6.65. The van der Waals surface area contributed by atoms with Crippen LogP contribution >= 0.6 is 0 Å². The fourth-order valence-electron chi connectivity index (χ4n) is 2.49. The third kappa shape index (κ3) is 2.88. The fourth-order valence-corrected chi connectivity index (χ4v) is 2.49. The maximum absolute atomic E-state index is 12.1. The third-order valence-electron chi connectivity index (χ3n) is 3.50. The van der Waals surface area contributed by atoms with Gasteiger partial charge in [0.2, 0.25) is 0 Å². The first-order valence-corrected chi connectivity index (χ1v) is 6.46. The number of likely N-dealkylation sites (tertiary alicyclic amines) is 1. The highest BCUT2D eigenvalue weighted by molar-refractivity contribution is 5.82. The zero-order valence-corrected chi connectivity index (χ0v) is 10.9. The Kier molecular flexibility index (Phi) is 4.07. The summed E-state index contributed by atoms with van der Waals surface area (Å²) in [6.07, 6.45) is -0.837. The molecule has 0 aromatic heterocycles. The number of amides is 1. The maximum atomic E-state index is 12.1. The molecule has 3 atom stereocenters. The van der Waals surface area contributed by atoms with Gasteiger partial charge in [0.05, 0.1) is 12.1 Å². The van der Waals surface area contributed by atoms with Gasteiger partial charge in [-0.3, -0.25) is 4.79 Å². The number of rotatable bonds is 3. The van der Waals surface area contributed by atoms with E-state index < -0.39 is 18.1 Å². The fraction of sp³-hybridized carbons (Fsp3) is 0.500. The van der Waals surface area contributed by atoms with Crippen LogP contribution in [0.3, 0.4) is 0 Å². The molecule has 19 heavy (non-hydrogen) atoms. The van der Waals surface area contributed by atoms with Gasteiger partial charge >= 0.3 is 0 Å². The van der Waals surface area contributed by atoms with Crippen molar-refractivity contribution in [2.45, 2.75) is 38.0 Å². The Balaban J connectivity index is 2.19. The van der Waals surface area contributed by atoms with E-state index in [2.05, 4.69) is 0 Å². The van der Waals surface area contributed by atoms with Crippen molar-refractivity contribution in [3.63, 3.8) is 0 Å². The van der Waals surface area contributed by atoms with Crippen molar-refractivity contribution in [3.05, 3.63) is 29.8 Å². The van der Waals surface area contributed by atoms with Gasteiger partial charge in [-0.25, -0.2) is 0 Å². The summed E-state index contributed by atoms with van der Waals surface area (Å²) in [5, 5.41) is 28.5. The lowest BCUT2D eigenvalue weighted by atomic mass is 10.0. The van der Waals surface area contributed by atoms with E-state index in [-0.39, 0.29) is 11.8 Å². The molecule has 1 aromatic rings. The molecule has 1 aromatic carbocycles. The van der Waals surface area contributed by atoms with E-state index in [0.717, 1.165) is 18.4 Å². The summed E-state index contributed by atoms with van der Waals surface area (Å²) in [6.45, 7) is 1.95. The van der Waals surface area contributed by atoms with Crippen molar-refractivity contribution in [2.24, 2.45) is 0 Å². The first kappa shape index (κ1) is 13.8. The van der Waals surface area contributed by atoms with E-state index in [9.17, 15) is 20.1 Å². The Morgan fingerprint density at radius 1 is 1.42 bits per heavy atom. The van der Waals surface area contributed by atoms with Gasteiger partial charge in [0.25, 0.3) is 5.91 Å². The van der Waals surface area contributed by atoms with Gasteiger partial charge in [0, 0.05) is 6.54 Å². The lowest BCUT2D eigenvalue weighted by molar-refractivity contribution is -0.146. The van der Waals surface area contributed by atoms with Gasteiger partial charge in [0.1, 0.15) is 5.75 Å². The Bertz CT molecular complexity index is 461. The predicted octanol–water partition coefficient (Wildman–Crippen LogP) is 0.797. The van der Waals surface area contributed by atoms with Crippen molar-refractivity contribution < 1.29 is 20.1 Å². The third-order valence-corrected chi connectivity index (χ3v) is 3.50. The van der Waals surface area contributed by atoms with E-state index >= 15 is 0 Å². The zero-order chi connectivity index (χ0) is 14.0. The van der Waals surface area contributed by atoms with Gasteiger partial charge in [-0.05, 0) is 37.5 Å². The zero-order valence-electron chi connectivity index (χ0n) is 10.9. The van der Waals surface area contributed by atoms with Crippen LogP contribution in [0.15, 0.2) is 24.3 Å². The maximum Gasteiger partial charge on any atom is 0.254 e. The summed E-state index contributed by atoms with van der Waals surface area (Å²) in [4.78, 5) is 13.7. The van der Waals surface area contributed by atoms with Crippen LogP contribution in [0.1, 0.15) is 31.4 Å². The molecule has 1 unspecified atom stereocenters. The molecule has 1 aliphatic rings. The number of carbonyl (C=O) groups excluding carboxylic acids is 1. The van der Waals surface area contributed by atoms with Crippen molar-refractivity contribution in [1.29, 1.82) is 0 Å².